The van der Waals surface area contributed by atoms with Gasteiger partial charge in [-0.2, -0.15) is 8.42 Å². The molecule has 0 heterocycles. The minimum absolute atomic E-state index is 0. The normalized spacial score (nSPS) is 11.3. The van der Waals surface area contributed by atoms with Crippen molar-refractivity contribution in [3.63, 3.8) is 0 Å². The van der Waals surface area contributed by atoms with Crippen LogP contribution in [0.2, 0.25) is 0 Å². The Kier molecular flexibility index (Phi) is 8.41. The van der Waals surface area contributed by atoms with Crippen molar-refractivity contribution >= 4 is 29.3 Å². The maximum atomic E-state index is 11.4. The molecule has 0 aromatic rings. The molecule has 0 aromatic carbocycles. The second-order valence-electron chi connectivity index (χ2n) is 1.49. The van der Waals surface area contributed by atoms with Crippen molar-refractivity contribution in [1.29, 1.82) is 0 Å². The van der Waals surface area contributed by atoms with Crippen LogP contribution in [0.4, 0.5) is 8.78 Å². The number of rotatable bonds is 5. The van der Waals surface area contributed by atoms with Gasteiger partial charge in [0.15, 0.2) is 0 Å². The van der Waals surface area contributed by atoms with Crippen molar-refractivity contribution < 1.29 is 25.6 Å². The van der Waals surface area contributed by atoms with Crippen LogP contribution >= 0.6 is 0 Å². The molecule has 0 atom stereocenters. The fourth-order valence-corrected chi connectivity index (χ4v) is 0.939. The average Bonchev–Trinajstić information content (AvgIpc) is 1.84. The van der Waals surface area contributed by atoms with E-state index >= 15 is 0 Å². The number of hydrogen-bond donors (Lipinski definition) is 0. The summed E-state index contributed by atoms with van der Waals surface area (Å²) in [6.45, 7) is 0.108. The summed E-state index contributed by atoms with van der Waals surface area (Å²) in [4.78, 5) is 0. The van der Waals surface area contributed by atoms with Crippen LogP contribution in [-0.4, -0.2) is 46.9 Å². The summed E-state index contributed by atoms with van der Waals surface area (Å²) in [5.74, 6) is 0. The molecule has 0 aliphatic heterocycles. The van der Waals surface area contributed by atoms with E-state index in [1.165, 1.54) is 6.92 Å². The summed E-state index contributed by atoms with van der Waals surface area (Å²) in [6.07, 6.45) is -2.81. The van der Waals surface area contributed by atoms with Gasteiger partial charge in [0, 0.05) is 0 Å². The zero-order valence-electron chi connectivity index (χ0n) is 5.79. The van der Waals surface area contributed by atoms with Gasteiger partial charge in [0.1, 0.15) is 6.61 Å². The zero-order valence-corrected chi connectivity index (χ0v) is 6.61. The van der Waals surface area contributed by atoms with Crippen LogP contribution in [0.25, 0.3) is 0 Å². The van der Waals surface area contributed by atoms with Crippen LogP contribution in [0.1, 0.15) is 6.92 Å². The molecule has 0 N–H and O–H groups in total. The van der Waals surface area contributed by atoms with Gasteiger partial charge in [-0.25, -0.2) is 17.1 Å². The topological polar surface area (TPSA) is 52.6 Å². The number of halogens is 2. The van der Waals surface area contributed by atoms with E-state index < -0.39 is 23.4 Å². The third kappa shape index (κ3) is 8.42. The summed E-state index contributed by atoms with van der Waals surface area (Å²) in [6, 6.07) is 0. The molecule has 0 spiro atoms. The van der Waals surface area contributed by atoms with Gasteiger partial charge in [-0.15, -0.1) is 0 Å². The molecule has 0 bridgehead atoms. The van der Waals surface area contributed by atoms with Crippen LogP contribution in [0.15, 0.2) is 0 Å². The van der Waals surface area contributed by atoms with E-state index in [4.69, 9.17) is 0 Å². The van der Waals surface area contributed by atoms with E-state index in [1.807, 2.05) is 0 Å². The van der Waals surface area contributed by atoms with E-state index in [0.717, 1.165) is 0 Å². The number of alkyl halides is 2. The molecule has 0 fully saturated rings. The molecule has 0 amide bonds. The van der Waals surface area contributed by atoms with Gasteiger partial charge in [0.2, 0.25) is 0 Å². The van der Waals surface area contributed by atoms with Crippen molar-refractivity contribution in [3.8, 4) is 0 Å². The third-order valence-electron chi connectivity index (χ3n) is 0.601. The van der Waals surface area contributed by atoms with Gasteiger partial charge >= 0.3 is 29.3 Å². The summed E-state index contributed by atoms with van der Waals surface area (Å²) in [5.41, 5.74) is 0. The van der Waals surface area contributed by atoms with Crippen molar-refractivity contribution in [3.05, 3.63) is 0 Å². The van der Waals surface area contributed by atoms with Crippen LogP contribution in [0.5, 0.6) is 0 Å². The van der Waals surface area contributed by atoms with Crippen molar-refractivity contribution in [1.82, 2.24) is 0 Å². The predicted molar refractivity (Wildman–Crippen MR) is 39.7 cm³/mol. The van der Waals surface area contributed by atoms with Crippen LogP contribution in [0.3, 0.4) is 0 Å². The summed E-state index contributed by atoms with van der Waals surface area (Å²) >= 11 is 0. The fourth-order valence-electron chi connectivity index (χ4n) is 0.313. The Balaban J connectivity index is 0. The Morgan fingerprint density at radius 2 is 1.83 bits per heavy atom. The van der Waals surface area contributed by atoms with E-state index in [9.17, 15) is 17.2 Å². The average molecular weight is 198 g/mol. The molecule has 0 radical (unpaired) electrons. The van der Waals surface area contributed by atoms with Gasteiger partial charge in [0.25, 0.3) is 6.43 Å². The van der Waals surface area contributed by atoms with E-state index in [0.29, 0.717) is 0 Å². The molecule has 0 rings (SSSR count). The van der Waals surface area contributed by atoms with Crippen LogP contribution in [-0.2, 0) is 18.8 Å². The Morgan fingerprint density at radius 3 is 2.17 bits per heavy atom. The molecular weight excluding hydrogens is 189 g/mol. The van der Waals surface area contributed by atoms with Gasteiger partial charge in [-0.05, 0) is 6.92 Å². The van der Waals surface area contributed by atoms with Gasteiger partial charge in [0.05, 0.1) is 6.61 Å². The molecule has 0 aliphatic rings. The molecule has 12 heavy (non-hydrogen) atoms. The van der Waals surface area contributed by atoms with Gasteiger partial charge < -0.3 is 0 Å². The quantitative estimate of drug-likeness (QED) is 0.579. The molecular formula is C4H9F2LiO4S. The molecule has 0 saturated carbocycles. The SMILES string of the molecule is CCOS(=O)(=O)OCC(F)F.[LiH]. The van der Waals surface area contributed by atoms with E-state index in [1.54, 1.807) is 0 Å². The molecule has 0 saturated heterocycles. The minimum atomic E-state index is -4.21. The van der Waals surface area contributed by atoms with Crippen LogP contribution in [0, 0.1) is 0 Å². The monoisotopic (exact) mass is 198 g/mol. The predicted octanol–water partition coefficient (Wildman–Crippen LogP) is -0.0991. The Bertz CT molecular complexity index is 193. The molecule has 4 nitrogen and oxygen atoms in total. The van der Waals surface area contributed by atoms with Gasteiger partial charge in [-0.1, -0.05) is 0 Å². The van der Waals surface area contributed by atoms with Crippen molar-refractivity contribution in [2.24, 2.45) is 0 Å². The molecule has 8 heteroatoms. The Hall–Kier alpha value is 0.327. The summed E-state index contributed by atoms with van der Waals surface area (Å²) < 4.78 is 51.2. The fraction of sp³-hybridized carbons (Fsp3) is 1.00. The Morgan fingerprint density at radius 1 is 1.33 bits per heavy atom. The standard InChI is InChI=1S/C4H8F2O4S.Li.H/c1-2-9-11(7,8)10-3-4(5)6;;/h4H,2-3H2,1H3;;. The molecule has 0 unspecified atom stereocenters. The van der Waals surface area contributed by atoms with E-state index in [-0.39, 0.29) is 25.5 Å². The van der Waals surface area contributed by atoms with Crippen LogP contribution < -0.4 is 0 Å². The van der Waals surface area contributed by atoms with Gasteiger partial charge in [-0.3, -0.25) is 0 Å². The van der Waals surface area contributed by atoms with E-state index in [2.05, 4.69) is 8.37 Å². The molecule has 0 aromatic heterocycles. The first kappa shape index (κ1) is 14.8. The third-order valence-corrected chi connectivity index (χ3v) is 1.55. The number of hydrogen-bond acceptors (Lipinski definition) is 4. The zero-order chi connectivity index (χ0) is 8.91. The first-order valence-corrected chi connectivity index (χ1v) is 4.13. The Labute approximate surface area is 81.7 Å². The molecule has 0 aliphatic carbocycles. The second kappa shape index (κ2) is 6.80. The first-order chi connectivity index (χ1) is 4.98. The van der Waals surface area contributed by atoms with Crippen molar-refractivity contribution in [2.45, 2.75) is 13.3 Å². The summed E-state index contributed by atoms with van der Waals surface area (Å²) in [5, 5.41) is 0. The van der Waals surface area contributed by atoms with Crippen molar-refractivity contribution in [2.75, 3.05) is 13.2 Å². The molecule has 70 valence electrons. The summed E-state index contributed by atoms with van der Waals surface area (Å²) in [7, 11) is -4.21. The second-order valence-corrected chi connectivity index (χ2v) is 2.78. The first-order valence-electron chi connectivity index (χ1n) is 2.80. The maximum absolute atomic E-state index is 11.4.